The second-order valence-electron chi connectivity index (χ2n) is 8.88. The van der Waals surface area contributed by atoms with Crippen LogP contribution in [0.15, 0.2) is 89.8 Å². The quantitative estimate of drug-likeness (QED) is 0.266. The third-order valence-electron chi connectivity index (χ3n) is 5.84. The number of benzene rings is 4. The molecule has 4 rings (SSSR count). The van der Waals surface area contributed by atoms with E-state index in [4.69, 9.17) is 4.74 Å². The Hall–Kier alpha value is -4.05. The van der Waals surface area contributed by atoms with E-state index in [0.717, 1.165) is 27.9 Å². The largest absolute Gasteiger partial charge is 0.487 e. The zero-order chi connectivity index (χ0) is 27.7. The zero-order valence-electron chi connectivity index (χ0n) is 20.4. The summed E-state index contributed by atoms with van der Waals surface area (Å²) in [5.41, 5.74) is -0.269. The topological polar surface area (TPSA) is 83.9 Å². The molecule has 0 radical (unpaired) electrons. The average molecular weight is 544 g/mol. The number of anilines is 1. The van der Waals surface area contributed by atoms with Crippen molar-refractivity contribution >= 4 is 32.5 Å². The van der Waals surface area contributed by atoms with E-state index in [0.29, 0.717) is 10.9 Å². The van der Waals surface area contributed by atoms with Crippen molar-refractivity contribution in [1.29, 1.82) is 0 Å². The molecule has 4 aromatic carbocycles. The number of hydrogen-bond acceptors (Lipinski definition) is 4. The molecule has 0 fully saturated rings. The number of rotatable bonds is 8. The highest BCUT2D eigenvalue weighted by Crippen LogP contribution is 2.40. The highest BCUT2D eigenvalue weighted by molar-refractivity contribution is 7.92. The van der Waals surface area contributed by atoms with E-state index in [1.807, 2.05) is 0 Å². The number of halogens is 3. The van der Waals surface area contributed by atoms with Crippen LogP contribution < -0.4 is 9.04 Å². The Balaban J connectivity index is 1.74. The third-order valence-corrected chi connectivity index (χ3v) is 7.84. The summed E-state index contributed by atoms with van der Waals surface area (Å²) in [4.78, 5) is 11.2. The molecule has 0 aliphatic rings. The zero-order valence-corrected chi connectivity index (χ0v) is 21.3. The number of hydrogen-bond donors (Lipinski definition) is 1. The van der Waals surface area contributed by atoms with Crippen LogP contribution >= 0.6 is 0 Å². The molecular formula is C28H24F3NO5S. The normalized spacial score (nSPS) is 12.1. The molecule has 6 nitrogen and oxygen atoms in total. The maximum Gasteiger partial charge on any atom is 0.416 e. The second-order valence-corrected chi connectivity index (χ2v) is 10.7. The van der Waals surface area contributed by atoms with Crippen molar-refractivity contribution in [3.8, 4) is 5.75 Å². The van der Waals surface area contributed by atoms with Gasteiger partial charge in [-0.2, -0.15) is 13.2 Å². The predicted octanol–water partition coefficient (Wildman–Crippen LogP) is 6.74. The second kappa shape index (κ2) is 10.4. The number of fused-ring (bicyclic) bond motifs is 1. The summed E-state index contributed by atoms with van der Waals surface area (Å²) in [5, 5.41) is 10.6. The fourth-order valence-electron chi connectivity index (χ4n) is 4.06. The Labute approximate surface area is 218 Å². The minimum atomic E-state index is -4.66. The molecule has 0 aliphatic carbocycles. The first-order valence-corrected chi connectivity index (χ1v) is 13.0. The van der Waals surface area contributed by atoms with Crippen LogP contribution in [0, 0.1) is 0 Å². The Morgan fingerprint density at radius 2 is 1.58 bits per heavy atom. The molecule has 38 heavy (non-hydrogen) atoms. The van der Waals surface area contributed by atoms with Gasteiger partial charge >= 0.3 is 12.1 Å². The first-order chi connectivity index (χ1) is 17.9. The highest BCUT2D eigenvalue weighted by Gasteiger charge is 2.34. The summed E-state index contributed by atoms with van der Waals surface area (Å²) >= 11 is 0. The summed E-state index contributed by atoms with van der Waals surface area (Å²) < 4.78 is 74.6. The maximum absolute atomic E-state index is 13.6. The lowest BCUT2D eigenvalue weighted by Gasteiger charge is -2.30. The molecule has 0 aromatic heterocycles. The fourth-order valence-corrected chi connectivity index (χ4v) is 5.75. The number of carbonyl (C=O) groups is 1. The molecule has 0 unspecified atom stereocenters. The minimum Gasteiger partial charge on any atom is -0.487 e. The van der Waals surface area contributed by atoms with Crippen molar-refractivity contribution in [2.75, 3.05) is 4.31 Å². The number of ether oxygens (including phenoxy) is 1. The molecule has 10 heteroatoms. The molecule has 0 saturated heterocycles. The van der Waals surface area contributed by atoms with Crippen LogP contribution in [0.25, 0.3) is 10.8 Å². The lowest BCUT2D eigenvalue weighted by Crippen LogP contribution is -2.37. The fraction of sp³-hybridized carbons (Fsp3) is 0.179. The first-order valence-electron chi connectivity index (χ1n) is 11.6. The number of nitrogens with zero attached hydrogens (tertiary/aromatic N) is 1. The van der Waals surface area contributed by atoms with Gasteiger partial charge in [0.15, 0.2) is 0 Å². The van der Waals surface area contributed by atoms with Gasteiger partial charge in [-0.15, -0.1) is 0 Å². The van der Waals surface area contributed by atoms with E-state index < -0.39 is 33.8 Å². The molecule has 0 saturated carbocycles. The number of carboxylic acids is 1. The van der Waals surface area contributed by atoms with Crippen molar-refractivity contribution < 1.29 is 36.2 Å². The van der Waals surface area contributed by atoms with Gasteiger partial charge in [0.05, 0.1) is 21.7 Å². The summed E-state index contributed by atoms with van der Waals surface area (Å²) in [6.07, 6.45) is -4.66. The van der Waals surface area contributed by atoms with Gasteiger partial charge in [0.2, 0.25) is 0 Å². The maximum atomic E-state index is 13.6. The standard InChI is InChI=1S/C28H24F3NO5S/c1-18(2)32(38(35,36)24-6-4-3-5-7-24)25-13-12-23(28(29,30)31)16-26(25)37-17-19-8-9-21-15-22(27(33)34)11-10-20(21)14-19/h3-16,18H,17H2,1-2H3,(H,33,34). The molecule has 0 spiro atoms. The predicted molar refractivity (Wildman–Crippen MR) is 138 cm³/mol. The molecular weight excluding hydrogens is 519 g/mol. The van der Waals surface area contributed by atoms with Crippen LogP contribution in [0.5, 0.6) is 5.75 Å². The van der Waals surface area contributed by atoms with Crippen molar-refractivity contribution in [1.82, 2.24) is 0 Å². The molecule has 198 valence electrons. The average Bonchev–Trinajstić information content (AvgIpc) is 2.87. The molecule has 0 aliphatic heterocycles. The smallest absolute Gasteiger partial charge is 0.416 e. The summed E-state index contributed by atoms with van der Waals surface area (Å²) in [6, 6.07) is 19.4. The van der Waals surface area contributed by atoms with Crippen molar-refractivity contribution in [2.24, 2.45) is 0 Å². The van der Waals surface area contributed by atoms with Gasteiger partial charge in [-0.3, -0.25) is 4.31 Å². The minimum absolute atomic E-state index is 0.00481. The van der Waals surface area contributed by atoms with Crippen LogP contribution in [0.2, 0.25) is 0 Å². The van der Waals surface area contributed by atoms with E-state index >= 15 is 0 Å². The summed E-state index contributed by atoms with van der Waals surface area (Å²) in [5.74, 6) is -1.30. The van der Waals surface area contributed by atoms with Gasteiger partial charge < -0.3 is 9.84 Å². The monoisotopic (exact) mass is 543 g/mol. The van der Waals surface area contributed by atoms with Crippen LogP contribution in [0.1, 0.15) is 35.3 Å². The lowest BCUT2D eigenvalue weighted by atomic mass is 10.0. The molecule has 4 aromatic rings. The van der Waals surface area contributed by atoms with Gasteiger partial charge in [-0.1, -0.05) is 36.4 Å². The molecule has 1 N–H and O–H groups in total. The Morgan fingerprint density at radius 3 is 2.21 bits per heavy atom. The van der Waals surface area contributed by atoms with Crippen LogP contribution in [0.3, 0.4) is 0 Å². The van der Waals surface area contributed by atoms with Crippen LogP contribution in [-0.2, 0) is 22.8 Å². The van der Waals surface area contributed by atoms with E-state index in [1.165, 1.54) is 24.3 Å². The Bertz CT molecular complexity index is 1590. The summed E-state index contributed by atoms with van der Waals surface area (Å²) in [6.45, 7) is 3.09. The lowest BCUT2D eigenvalue weighted by molar-refractivity contribution is -0.137. The van der Waals surface area contributed by atoms with Gasteiger partial charge in [-0.25, -0.2) is 13.2 Å². The number of carboxylic acid groups (broad SMARTS) is 1. The Kier molecular flexibility index (Phi) is 7.37. The van der Waals surface area contributed by atoms with Gasteiger partial charge in [-0.05, 0) is 78.7 Å². The van der Waals surface area contributed by atoms with Gasteiger partial charge in [0, 0.05) is 6.04 Å². The van der Waals surface area contributed by atoms with E-state index in [1.54, 1.807) is 56.3 Å². The van der Waals surface area contributed by atoms with Crippen molar-refractivity contribution in [3.05, 3.63) is 102 Å². The van der Waals surface area contributed by atoms with Gasteiger partial charge in [0.1, 0.15) is 12.4 Å². The van der Waals surface area contributed by atoms with Gasteiger partial charge in [0.25, 0.3) is 10.0 Å². The molecule has 0 heterocycles. The number of aromatic carboxylic acids is 1. The van der Waals surface area contributed by atoms with Crippen molar-refractivity contribution in [2.45, 2.75) is 37.6 Å². The molecule has 0 bridgehead atoms. The van der Waals surface area contributed by atoms with Crippen molar-refractivity contribution in [3.63, 3.8) is 0 Å². The number of alkyl halides is 3. The highest BCUT2D eigenvalue weighted by atomic mass is 32.2. The van der Waals surface area contributed by atoms with Crippen LogP contribution in [0.4, 0.5) is 18.9 Å². The molecule has 0 atom stereocenters. The van der Waals surface area contributed by atoms with E-state index in [-0.39, 0.29) is 28.5 Å². The molecule has 0 amide bonds. The van der Waals surface area contributed by atoms with Crippen LogP contribution in [-0.4, -0.2) is 25.5 Å². The van der Waals surface area contributed by atoms with E-state index in [9.17, 15) is 31.5 Å². The third kappa shape index (κ3) is 5.60. The Morgan fingerprint density at radius 1 is 0.921 bits per heavy atom. The number of sulfonamides is 1. The first kappa shape index (κ1) is 27.0. The van der Waals surface area contributed by atoms with E-state index in [2.05, 4.69) is 0 Å². The summed E-state index contributed by atoms with van der Waals surface area (Å²) in [7, 11) is -4.12. The SMILES string of the molecule is CC(C)N(c1ccc(C(F)(F)F)cc1OCc1ccc2cc(C(=O)O)ccc2c1)S(=O)(=O)c1ccccc1.